The second-order valence-corrected chi connectivity index (χ2v) is 19.0. The number of fused-ring (bicyclic) bond motifs is 6. The van der Waals surface area contributed by atoms with Crippen LogP contribution in [0.4, 0.5) is 10.5 Å². The molecule has 2 saturated heterocycles. The predicted octanol–water partition coefficient (Wildman–Crippen LogP) is 3.83. The van der Waals surface area contributed by atoms with E-state index in [4.69, 9.17) is 35.3 Å². The average molecular weight is 994 g/mol. The number of hydrogen-bond donors (Lipinski definition) is 5. The molecule has 3 aliphatic rings. The van der Waals surface area contributed by atoms with Crippen LogP contribution in [0.5, 0.6) is 5.75 Å². The summed E-state index contributed by atoms with van der Waals surface area (Å²) in [6, 6.07) is 12.7. The summed E-state index contributed by atoms with van der Waals surface area (Å²) in [7, 11) is 9.76. The van der Waals surface area contributed by atoms with Crippen LogP contribution < -0.4 is 31.0 Å². The number of hydrazine groups is 1. The van der Waals surface area contributed by atoms with E-state index in [2.05, 4.69) is 38.1 Å². The largest absolute Gasteiger partial charge is 0.495 e. The van der Waals surface area contributed by atoms with Gasteiger partial charge in [-0.3, -0.25) is 25.1 Å². The third-order valence-corrected chi connectivity index (χ3v) is 14.0. The molecule has 1 unspecified atom stereocenters. The number of allylic oxidation sites excluding steroid dienone is 3. The van der Waals surface area contributed by atoms with Gasteiger partial charge in [-0.15, -0.1) is 0 Å². The predicted molar refractivity (Wildman–Crippen MR) is 264 cm³/mol. The van der Waals surface area contributed by atoms with Gasteiger partial charge in [-0.2, -0.15) is 0 Å². The Balaban J connectivity index is 1.12. The van der Waals surface area contributed by atoms with Crippen molar-refractivity contribution in [3.05, 3.63) is 82.5 Å². The molecule has 2 aromatic carbocycles. The molecule has 6 rings (SSSR count). The van der Waals surface area contributed by atoms with E-state index in [0.717, 1.165) is 27.7 Å². The molecule has 0 aliphatic carbocycles. The quantitative estimate of drug-likeness (QED) is 0.0597. The number of epoxide rings is 1. The maximum Gasteiger partial charge on any atom is 0.409 e. The minimum atomic E-state index is -1.86. The summed E-state index contributed by atoms with van der Waals surface area (Å²) in [4.78, 5) is 70.3. The van der Waals surface area contributed by atoms with E-state index in [1.165, 1.54) is 38.0 Å². The summed E-state index contributed by atoms with van der Waals surface area (Å²) in [6.07, 6.45) is 0.883. The van der Waals surface area contributed by atoms with Crippen molar-refractivity contribution in [3.63, 3.8) is 0 Å². The Hall–Kier alpha value is -5.54. The van der Waals surface area contributed by atoms with Gasteiger partial charge in [0.25, 0.3) is 0 Å². The van der Waals surface area contributed by atoms with E-state index in [9.17, 15) is 29.1 Å². The Bertz CT molecular complexity index is 2460. The number of anilines is 1. The monoisotopic (exact) mass is 992 g/mol. The van der Waals surface area contributed by atoms with Crippen LogP contribution in [-0.4, -0.2) is 153 Å². The van der Waals surface area contributed by atoms with Crippen molar-refractivity contribution in [1.29, 1.82) is 0 Å². The van der Waals surface area contributed by atoms with Crippen molar-refractivity contribution in [2.45, 2.75) is 108 Å². The fourth-order valence-electron chi connectivity index (χ4n) is 9.11. The average Bonchev–Trinajstić information content (AvgIpc) is 3.91. The highest BCUT2D eigenvalue weighted by Gasteiger charge is 2.64. The van der Waals surface area contributed by atoms with Crippen LogP contribution in [0.1, 0.15) is 58.2 Å². The number of hydrogen-bond acceptors (Lipinski definition) is 14. The number of aromatic nitrogens is 1. The maximum absolute atomic E-state index is 14.3. The number of ether oxygens (including phenoxy) is 5. The van der Waals surface area contributed by atoms with Crippen LogP contribution in [0.3, 0.4) is 0 Å². The first-order chi connectivity index (χ1) is 33.2. The van der Waals surface area contributed by atoms with E-state index in [1.807, 2.05) is 50.3 Å². The van der Waals surface area contributed by atoms with Gasteiger partial charge in [0.05, 0.1) is 38.4 Å². The molecule has 0 radical (unpaired) electrons. The lowest BCUT2D eigenvalue weighted by atomic mass is 9.83. The highest BCUT2D eigenvalue weighted by atomic mass is 35.5. The molecule has 19 nitrogen and oxygen atoms in total. The van der Waals surface area contributed by atoms with Gasteiger partial charge in [-0.25, -0.2) is 14.6 Å². The fourth-order valence-corrected chi connectivity index (χ4v) is 9.43. The highest BCUT2D eigenvalue weighted by molar-refractivity contribution is 6.35. The molecule has 0 spiro atoms. The molecule has 20 heteroatoms. The smallest absolute Gasteiger partial charge is 0.409 e. The molecular formula is C50H69ClN8O11. The van der Waals surface area contributed by atoms with Gasteiger partial charge in [0.15, 0.2) is 5.72 Å². The fraction of sp³-hybridized carbons (Fsp3) is 0.540. The minimum Gasteiger partial charge on any atom is -0.495 e. The molecule has 4 heterocycles. The Labute approximate surface area is 414 Å². The number of para-hydroxylation sites is 1. The number of aliphatic hydroxyl groups is 1. The summed E-state index contributed by atoms with van der Waals surface area (Å²) in [6.45, 7) is 8.52. The molecule has 70 heavy (non-hydrogen) atoms. The Kier molecular flexibility index (Phi) is 17.8. The van der Waals surface area contributed by atoms with Gasteiger partial charge in [0, 0.05) is 77.9 Å². The summed E-state index contributed by atoms with van der Waals surface area (Å²) in [5.41, 5.74) is 4.17. The summed E-state index contributed by atoms with van der Waals surface area (Å²) < 4.78 is 31.6. The Morgan fingerprint density at radius 2 is 1.86 bits per heavy atom. The zero-order valence-corrected chi connectivity index (χ0v) is 42.6. The standard InChI is InChI=1S/C50H69ClN8O11/c1-30-14-13-17-40(67-10)50(65)27-39(68-48(64)55-50)31(2)46-49(4,70-46)41(26-43(61)58(8)37-23-33(22-30)24-38(66-9)45(37)51)69-47(63)32(3)57(7)44(62)28-53-19-20-54-42(60)18-21-59-35(29-56(6)52-5)25-34-15-11-12-16-36(34)59/h11-17,23-25,31-32,39-41,46,52-53,65H,18-22,26-29H2,1-10H3,(H,54,60)(H,55,64)/b17-13+,30-14+/t31-,32+,39+,40-,41+,46?,49+,50+/m1/s1. The van der Waals surface area contributed by atoms with Gasteiger partial charge in [-0.1, -0.05) is 60.5 Å². The lowest BCUT2D eigenvalue weighted by molar-refractivity contribution is -0.161. The first-order valence-electron chi connectivity index (χ1n) is 23.5. The van der Waals surface area contributed by atoms with Crippen molar-refractivity contribution < 1.29 is 52.8 Å². The number of benzene rings is 2. The highest BCUT2D eigenvalue weighted by Crippen LogP contribution is 2.49. The number of rotatable bonds is 16. The van der Waals surface area contributed by atoms with E-state index in [0.29, 0.717) is 37.5 Å². The number of carbonyl (C=O) groups excluding carboxylic acids is 5. The number of nitrogens with zero attached hydrogens (tertiary/aromatic N) is 4. The molecule has 4 amide bonds. The number of methoxy groups -OCH3 is 2. The molecule has 0 saturated carbocycles. The van der Waals surface area contributed by atoms with E-state index in [1.54, 1.807) is 45.2 Å². The number of carbonyl (C=O) groups is 5. The molecule has 1 aromatic heterocycles. The van der Waals surface area contributed by atoms with Crippen LogP contribution in [0.15, 0.2) is 66.3 Å². The zero-order valence-electron chi connectivity index (χ0n) is 41.8. The summed E-state index contributed by atoms with van der Waals surface area (Å²) in [5.74, 6) is -2.02. The second kappa shape index (κ2) is 23.1. The molecule has 2 fully saturated rings. The van der Waals surface area contributed by atoms with Crippen molar-refractivity contribution in [3.8, 4) is 5.75 Å². The molecule has 382 valence electrons. The SMILES string of the molecule is CNN(C)Cc1cc2ccccc2n1CCC(=O)NCCNCC(=O)N(C)[C@@H](C)C(=O)O[C@H]1CC(=O)N(C)c2cc(cc(OC)c2Cl)C/C(C)=C/C=C/[C@@H](OC)[C@@]2(O)C[C@H](OC(=O)N2)[C@@H](C)C2O[C@]21C. The Morgan fingerprint density at radius 3 is 2.57 bits per heavy atom. The minimum absolute atomic E-state index is 0.0790. The number of likely N-dealkylation sites (N-methyl/N-ethyl adjacent to an activating group) is 1. The van der Waals surface area contributed by atoms with Crippen LogP contribution >= 0.6 is 11.6 Å². The van der Waals surface area contributed by atoms with Crippen molar-refractivity contribution in [2.75, 3.05) is 66.9 Å². The molecular weight excluding hydrogens is 924 g/mol. The number of esters is 1. The molecule has 8 atom stereocenters. The first-order valence-corrected chi connectivity index (χ1v) is 23.9. The van der Waals surface area contributed by atoms with Crippen LogP contribution in [0.2, 0.25) is 5.02 Å². The summed E-state index contributed by atoms with van der Waals surface area (Å²) >= 11 is 6.82. The maximum atomic E-state index is 14.3. The Morgan fingerprint density at radius 1 is 1.11 bits per heavy atom. The molecule has 3 aliphatic heterocycles. The van der Waals surface area contributed by atoms with Crippen LogP contribution in [0, 0.1) is 5.92 Å². The second-order valence-electron chi connectivity index (χ2n) is 18.6. The third kappa shape index (κ3) is 12.5. The third-order valence-electron chi connectivity index (χ3n) is 13.7. The lowest BCUT2D eigenvalue weighted by Gasteiger charge is -2.42. The normalized spacial score (nSPS) is 26.6. The lowest BCUT2D eigenvalue weighted by Crippen LogP contribution is -2.63. The van der Waals surface area contributed by atoms with Crippen molar-refractivity contribution in [2.24, 2.45) is 5.92 Å². The van der Waals surface area contributed by atoms with Crippen molar-refractivity contribution in [1.82, 2.24) is 35.9 Å². The van der Waals surface area contributed by atoms with Crippen molar-refractivity contribution >= 4 is 58.0 Å². The van der Waals surface area contributed by atoms with Crippen LogP contribution in [0.25, 0.3) is 10.9 Å². The van der Waals surface area contributed by atoms with Gasteiger partial charge in [0.2, 0.25) is 17.7 Å². The van der Waals surface area contributed by atoms with Gasteiger partial charge in [-0.05, 0) is 69.5 Å². The molecule has 5 N–H and O–H groups in total. The number of aryl methyl sites for hydroxylation is 1. The number of alkyl carbamates (subject to hydrolysis) is 1. The first kappa shape index (κ1) is 53.8. The molecule has 3 aromatic rings. The number of halogens is 1. The number of nitrogens with one attached hydrogen (secondary N) is 4. The summed E-state index contributed by atoms with van der Waals surface area (Å²) in [5, 5.41) is 23.6. The van der Waals surface area contributed by atoms with E-state index in [-0.39, 0.29) is 43.3 Å². The van der Waals surface area contributed by atoms with Crippen LogP contribution in [-0.2, 0) is 57.6 Å². The van der Waals surface area contributed by atoms with Gasteiger partial charge < -0.3 is 53.8 Å². The van der Waals surface area contributed by atoms with Gasteiger partial charge in [0.1, 0.15) is 40.7 Å². The van der Waals surface area contributed by atoms with Gasteiger partial charge >= 0.3 is 12.1 Å². The van der Waals surface area contributed by atoms with E-state index < -0.39 is 71.6 Å². The topological polar surface area (TPSA) is 218 Å². The zero-order chi connectivity index (χ0) is 51.1. The molecule has 4 bridgehead atoms. The van der Waals surface area contributed by atoms with E-state index >= 15 is 0 Å². The number of amides is 4.